The molecule has 0 spiro atoms. The first-order valence-corrected chi connectivity index (χ1v) is 22.0. The molecule has 0 aliphatic rings. The van der Waals surface area contributed by atoms with Crippen molar-refractivity contribution in [2.45, 2.75) is 0 Å². The number of nitrogens with zero attached hydrogens (tertiary/aromatic N) is 5. The number of para-hydroxylation sites is 2. The number of pyridine rings is 2. The molecule has 0 radical (unpaired) electrons. The third-order valence-corrected chi connectivity index (χ3v) is 12.9. The van der Waals surface area contributed by atoms with Crippen LogP contribution in [0.5, 0.6) is 0 Å². The molecule has 5 nitrogen and oxygen atoms in total. The molecule has 69 heavy (non-hydrogen) atoms. The maximum Gasteiger partial charge on any atom is 0.200 e. The zero-order chi connectivity index (χ0) is 46.9. The minimum atomic E-state index is -2.29. The fourth-order valence-electron chi connectivity index (χ4n) is 9.65. The van der Waals surface area contributed by atoms with Crippen LogP contribution in [0, 0.1) is 40.4 Å². The van der Waals surface area contributed by atoms with Crippen LogP contribution in [0.3, 0.4) is 0 Å². The molecule has 0 fully saturated rings. The first kappa shape index (κ1) is 41.2. The molecule has 0 aliphatic heterocycles. The van der Waals surface area contributed by atoms with Crippen molar-refractivity contribution < 1.29 is 22.0 Å². The van der Waals surface area contributed by atoms with Gasteiger partial charge in [-0.05, 0) is 82.9 Å². The average molecular weight is 906 g/mol. The summed E-state index contributed by atoms with van der Waals surface area (Å²) in [6.07, 6.45) is 3.51. The summed E-state index contributed by atoms with van der Waals surface area (Å²) < 4.78 is 81.0. The van der Waals surface area contributed by atoms with Crippen LogP contribution >= 0.6 is 0 Å². The van der Waals surface area contributed by atoms with Gasteiger partial charge in [-0.25, -0.2) is 22.0 Å². The maximum atomic E-state index is 16.1. The van der Waals surface area contributed by atoms with Crippen molar-refractivity contribution in [3.05, 3.63) is 229 Å². The average Bonchev–Trinajstić information content (AvgIpc) is 3.92. The minimum Gasteiger partial charge on any atom is -0.307 e. The predicted octanol–water partition coefficient (Wildman–Crippen LogP) is 15.6. The zero-order valence-electron chi connectivity index (χ0n) is 36.1. The summed E-state index contributed by atoms with van der Waals surface area (Å²) in [7, 11) is 0. The Bertz CT molecular complexity index is 4070. The lowest BCUT2D eigenvalue weighted by Crippen LogP contribution is -2.08. The summed E-state index contributed by atoms with van der Waals surface area (Å²) in [5.41, 5.74) is 8.44. The highest BCUT2D eigenvalue weighted by Gasteiger charge is 2.30. The van der Waals surface area contributed by atoms with Crippen LogP contribution < -0.4 is 0 Å². The van der Waals surface area contributed by atoms with E-state index in [9.17, 15) is 9.65 Å². The Balaban J connectivity index is 1.18. The first-order valence-electron chi connectivity index (χ1n) is 22.0. The highest BCUT2D eigenvalue weighted by Crippen LogP contribution is 2.44. The Kier molecular flexibility index (Phi) is 9.74. The molecule has 0 unspecified atom stereocenters. The molecule has 8 aromatic carbocycles. The molecule has 0 bridgehead atoms. The van der Waals surface area contributed by atoms with Gasteiger partial charge in [0.2, 0.25) is 5.82 Å². The molecule has 0 amide bonds. The van der Waals surface area contributed by atoms with Crippen LogP contribution in [0.2, 0.25) is 0 Å². The summed E-state index contributed by atoms with van der Waals surface area (Å²) >= 11 is 0. The van der Waals surface area contributed by atoms with Crippen molar-refractivity contribution >= 4 is 43.6 Å². The van der Waals surface area contributed by atoms with Crippen molar-refractivity contribution in [2.75, 3.05) is 0 Å². The molecule has 4 aromatic heterocycles. The van der Waals surface area contributed by atoms with Crippen molar-refractivity contribution in [2.24, 2.45) is 0 Å². The van der Waals surface area contributed by atoms with Gasteiger partial charge in [-0.15, -0.1) is 0 Å². The standard InChI is InChI=1S/C59H32F5N5/c60-55-54(56(61)58(63)59(64)57(55)62)45-32-53(69-49-18-10-8-16-42(49)44-22-20-37(30-51(44)69)39-24-26-67-47(28-39)35-13-5-2-6-14-35)52(31-40(45)33-65)68-48-17-9-7-15-41(48)43-21-19-36(29-50(43)68)38-23-25-66-46(27-38)34-11-3-1-4-12-34/h1-32H. The molecule has 0 saturated heterocycles. The van der Waals surface area contributed by atoms with E-state index < -0.39 is 40.2 Å². The lowest BCUT2D eigenvalue weighted by molar-refractivity contribution is 0.381. The topological polar surface area (TPSA) is 59.4 Å². The lowest BCUT2D eigenvalue weighted by Gasteiger charge is -2.20. The molecule has 12 aromatic rings. The van der Waals surface area contributed by atoms with Crippen LogP contribution in [0.15, 0.2) is 194 Å². The van der Waals surface area contributed by atoms with E-state index in [0.717, 1.165) is 77.3 Å². The SMILES string of the molecule is N#Cc1cc(-n2c3ccccc3c3ccc(-c4ccnc(-c5ccccc5)c4)cc32)c(-n2c3ccccc3c3ccc(-c4ccnc(-c5ccccc5)c4)cc32)cc1-c1c(F)c(F)c(F)c(F)c1F. The molecule has 0 aliphatic carbocycles. The monoisotopic (exact) mass is 905 g/mol. The molecule has 4 heterocycles. The van der Waals surface area contributed by atoms with E-state index in [1.165, 1.54) is 12.1 Å². The van der Waals surface area contributed by atoms with Crippen LogP contribution in [0.4, 0.5) is 22.0 Å². The summed E-state index contributed by atoms with van der Waals surface area (Å²) in [5.74, 6) is -10.6. The van der Waals surface area contributed by atoms with Crippen molar-refractivity contribution in [3.8, 4) is 73.3 Å². The second-order valence-electron chi connectivity index (χ2n) is 16.7. The summed E-state index contributed by atoms with van der Waals surface area (Å²) in [5, 5.41) is 14.3. The van der Waals surface area contributed by atoms with Crippen LogP contribution in [-0.4, -0.2) is 19.1 Å². The van der Waals surface area contributed by atoms with Crippen LogP contribution in [-0.2, 0) is 0 Å². The number of benzene rings is 8. The van der Waals surface area contributed by atoms with E-state index in [-0.39, 0.29) is 5.56 Å². The Hall–Kier alpha value is -9.20. The van der Waals surface area contributed by atoms with Gasteiger partial charge in [0.1, 0.15) is 0 Å². The normalized spacial score (nSPS) is 11.5. The Morgan fingerprint density at radius 2 is 0.768 bits per heavy atom. The van der Waals surface area contributed by atoms with Gasteiger partial charge in [0.25, 0.3) is 0 Å². The number of hydrogen-bond donors (Lipinski definition) is 0. The number of aromatic nitrogens is 4. The van der Waals surface area contributed by atoms with Gasteiger partial charge in [-0.1, -0.05) is 121 Å². The summed E-state index contributed by atoms with van der Waals surface area (Å²) in [6, 6.07) is 60.0. The van der Waals surface area contributed by atoms with Gasteiger partial charge in [-0.2, -0.15) is 5.26 Å². The highest BCUT2D eigenvalue weighted by molar-refractivity contribution is 6.13. The molecule has 0 saturated carbocycles. The molecular weight excluding hydrogens is 874 g/mol. The fourth-order valence-corrected chi connectivity index (χ4v) is 9.65. The molecule has 0 atom stereocenters. The van der Waals surface area contributed by atoms with Gasteiger partial charge in [0, 0.05) is 50.6 Å². The highest BCUT2D eigenvalue weighted by atomic mass is 19.2. The Labute approximate surface area is 390 Å². The Morgan fingerprint density at radius 3 is 1.25 bits per heavy atom. The van der Waals surface area contributed by atoms with E-state index in [0.29, 0.717) is 22.4 Å². The largest absolute Gasteiger partial charge is 0.307 e. The van der Waals surface area contributed by atoms with Gasteiger partial charge in [-0.3, -0.25) is 9.97 Å². The van der Waals surface area contributed by atoms with Crippen LogP contribution in [0.25, 0.3) is 111 Å². The van der Waals surface area contributed by atoms with E-state index in [4.69, 9.17) is 0 Å². The van der Waals surface area contributed by atoms with Gasteiger partial charge >= 0.3 is 0 Å². The summed E-state index contributed by atoms with van der Waals surface area (Å²) in [6.45, 7) is 0. The lowest BCUT2D eigenvalue weighted by atomic mass is 9.96. The molecule has 12 rings (SSSR count). The second-order valence-corrected chi connectivity index (χ2v) is 16.7. The number of fused-ring (bicyclic) bond motifs is 6. The number of rotatable bonds is 7. The summed E-state index contributed by atoms with van der Waals surface area (Å²) in [4.78, 5) is 9.29. The first-order chi connectivity index (χ1) is 33.8. The van der Waals surface area contributed by atoms with Crippen molar-refractivity contribution in [1.29, 1.82) is 5.26 Å². The fraction of sp³-hybridized carbons (Fsp3) is 0. The molecule has 0 N–H and O–H groups in total. The number of nitriles is 1. The smallest absolute Gasteiger partial charge is 0.200 e. The van der Waals surface area contributed by atoms with E-state index in [2.05, 4.69) is 9.97 Å². The van der Waals surface area contributed by atoms with Gasteiger partial charge in [0.15, 0.2) is 23.3 Å². The van der Waals surface area contributed by atoms with E-state index >= 15 is 17.6 Å². The molecule has 328 valence electrons. The maximum absolute atomic E-state index is 16.1. The zero-order valence-corrected chi connectivity index (χ0v) is 36.1. The van der Waals surface area contributed by atoms with Gasteiger partial charge in [0.05, 0.1) is 62.0 Å². The Morgan fingerprint density at radius 1 is 0.362 bits per heavy atom. The van der Waals surface area contributed by atoms with Gasteiger partial charge < -0.3 is 9.13 Å². The van der Waals surface area contributed by atoms with Crippen molar-refractivity contribution in [3.63, 3.8) is 0 Å². The van der Waals surface area contributed by atoms with E-state index in [1.54, 1.807) is 12.4 Å². The van der Waals surface area contributed by atoms with E-state index in [1.807, 2.05) is 185 Å². The minimum absolute atomic E-state index is 0.305. The number of halogens is 5. The third kappa shape index (κ3) is 6.66. The van der Waals surface area contributed by atoms with Crippen LogP contribution in [0.1, 0.15) is 5.56 Å². The third-order valence-electron chi connectivity index (χ3n) is 12.9. The van der Waals surface area contributed by atoms with Crippen molar-refractivity contribution in [1.82, 2.24) is 19.1 Å². The quantitative estimate of drug-likeness (QED) is 0.0909. The predicted molar refractivity (Wildman–Crippen MR) is 262 cm³/mol. The molecular formula is C59H32F5N5. The second kappa shape index (κ2) is 16.3. The number of hydrogen-bond acceptors (Lipinski definition) is 3. The molecule has 10 heteroatoms.